The van der Waals surface area contributed by atoms with Crippen LogP contribution in [0.15, 0.2) is 60.8 Å². The molecule has 2 aliphatic heterocycles. The standard InChI is InChI=1S/C28H34N4O2/c1-22-7-5-6-10-25(22)27-26(21-32(29-27)24-8-3-2-4-9-24)28(33)31-15-12-23(13-16-31)11-14-30-17-19-34-20-18-30/h2-10,21,23H,11-20H2,1H3. The van der Waals surface area contributed by atoms with Crippen molar-refractivity contribution in [2.24, 2.45) is 5.92 Å². The van der Waals surface area contributed by atoms with Gasteiger partial charge in [0.2, 0.25) is 0 Å². The van der Waals surface area contributed by atoms with Crippen molar-refractivity contribution in [3.05, 3.63) is 71.9 Å². The molecule has 3 aromatic rings. The zero-order chi connectivity index (χ0) is 23.3. The minimum atomic E-state index is 0.0899. The first-order valence-electron chi connectivity index (χ1n) is 12.5. The second-order valence-corrected chi connectivity index (χ2v) is 9.46. The zero-order valence-electron chi connectivity index (χ0n) is 20.0. The summed E-state index contributed by atoms with van der Waals surface area (Å²) in [6.07, 6.45) is 5.26. The number of ether oxygens (including phenoxy) is 1. The largest absolute Gasteiger partial charge is 0.379 e. The zero-order valence-corrected chi connectivity index (χ0v) is 20.0. The molecule has 0 bridgehead atoms. The third-order valence-corrected chi connectivity index (χ3v) is 7.22. The van der Waals surface area contributed by atoms with E-state index in [0.29, 0.717) is 11.5 Å². The Labute approximate surface area is 202 Å². The van der Waals surface area contributed by atoms with Crippen LogP contribution in [0, 0.1) is 12.8 Å². The van der Waals surface area contributed by atoms with E-state index in [1.165, 1.54) is 6.42 Å². The van der Waals surface area contributed by atoms with Gasteiger partial charge in [-0.3, -0.25) is 9.69 Å². The van der Waals surface area contributed by atoms with Crippen molar-refractivity contribution in [3.8, 4) is 16.9 Å². The number of hydrogen-bond donors (Lipinski definition) is 0. The number of rotatable bonds is 6. The van der Waals surface area contributed by atoms with E-state index < -0.39 is 0 Å². The van der Waals surface area contributed by atoms with Crippen molar-refractivity contribution >= 4 is 5.91 Å². The van der Waals surface area contributed by atoms with Gasteiger partial charge in [-0.15, -0.1) is 0 Å². The van der Waals surface area contributed by atoms with E-state index in [0.717, 1.165) is 81.3 Å². The summed E-state index contributed by atoms with van der Waals surface area (Å²) in [5.74, 6) is 0.779. The quantitative estimate of drug-likeness (QED) is 0.549. The van der Waals surface area contributed by atoms with Crippen molar-refractivity contribution in [1.82, 2.24) is 19.6 Å². The van der Waals surface area contributed by atoms with Crippen LogP contribution in [-0.2, 0) is 4.74 Å². The second kappa shape index (κ2) is 10.5. The highest BCUT2D eigenvalue weighted by Gasteiger charge is 2.28. The van der Waals surface area contributed by atoms with Crippen molar-refractivity contribution in [1.29, 1.82) is 0 Å². The molecule has 34 heavy (non-hydrogen) atoms. The van der Waals surface area contributed by atoms with Gasteiger partial charge in [0.25, 0.3) is 5.91 Å². The summed E-state index contributed by atoms with van der Waals surface area (Å²) in [6, 6.07) is 18.2. The van der Waals surface area contributed by atoms with E-state index in [1.807, 2.05) is 58.2 Å². The molecule has 2 saturated heterocycles. The Bertz CT molecular complexity index is 1100. The Morgan fingerprint density at radius 1 is 0.971 bits per heavy atom. The fourth-order valence-electron chi connectivity index (χ4n) is 5.07. The number of piperidine rings is 1. The molecule has 6 nitrogen and oxygen atoms in total. The third kappa shape index (κ3) is 5.08. The van der Waals surface area contributed by atoms with E-state index in [1.54, 1.807) is 0 Å². The average Bonchev–Trinajstić information content (AvgIpc) is 3.34. The molecule has 2 aliphatic rings. The van der Waals surface area contributed by atoms with Gasteiger partial charge in [0.1, 0.15) is 5.69 Å². The Morgan fingerprint density at radius 2 is 1.68 bits per heavy atom. The Kier molecular flexibility index (Phi) is 7.07. The van der Waals surface area contributed by atoms with Crippen molar-refractivity contribution in [3.63, 3.8) is 0 Å². The maximum absolute atomic E-state index is 13.7. The van der Waals surface area contributed by atoms with Gasteiger partial charge < -0.3 is 9.64 Å². The second-order valence-electron chi connectivity index (χ2n) is 9.46. The Morgan fingerprint density at radius 3 is 2.41 bits per heavy atom. The van der Waals surface area contributed by atoms with Gasteiger partial charge in [-0.1, -0.05) is 42.5 Å². The highest BCUT2D eigenvalue weighted by Crippen LogP contribution is 2.29. The Balaban J connectivity index is 1.31. The summed E-state index contributed by atoms with van der Waals surface area (Å²) in [7, 11) is 0. The molecule has 0 saturated carbocycles. The number of benzene rings is 2. The number of carbonyl (C=O) groups excluding carboxylic acids is 1. The molecule has 0 unspecified atom stereocenters. The normalized spacial score (nSPS) is 17.7. The summed E-state index contributed by atoms with van der Waals surface area (Å²) in [4.78, 5) is 18.2. The summed E-state index contributed by atoms with van der Waals surface area (Å²) in [5.41, 5.74) is 4.54. The lowest BCUT2D eigenvalue weighted by Gasteiger charge is -2.34. The fraction of sp³-hybridized carbons (Fsp3) is 0.429. The molecule has 1 aromatic heterocycles. The monoisotopic (exact) mass is 458 g/mol. The van der Waals surface area contributed by atoms with Crippen molar-refractivity contribution < 1.29 is 9.53 Å². The highest BCUT2D eigenvalue weighted by atomic mass is 16.5. The number of carbonyl (C=O) groups is 1. The lowest BCUT2D eigenvalue weighted by molar-refractivity contribution is 0.0332. The third-order valence-electron chi connectivity index (χ3n) is 7.22. The number of likely N-dealkylation sites (tertiary alicyclic amines) is 1. The molecule has 3 heterocycles. The molecule has 2 fully saturated rings. The van der Waals surface area contributed by atoms with Crippen LogP contribution in [0.1, 0.15) is 35.2 Å². The minimum Gasteiger partial charge on any atom is -0.379 e. The fourth-order valence-corrected chi connectivity index (χ4v) is 5.07. The predicted molar refractivity (Wildman–Crippen MR) is 134 cm³/mol. The van der Waals surface area contributed by atoms with E-state index in [-0.39, 0.29) is 5.91 Å². The summed E-state index contributed by atoms with van der Waals surface area (Å²) in [5, 5.41) is 4.88. The van der Waals surface area contributed by atoms with Gasteiger partial charge >= 0.3 is 0 Å². The van der Waals surface area contributed by atoms with Gasteiger partial charge in [-0.05, 0) is 56.3 Å². The maximum Gasteiger partial charge on any atom is 0.257 e. The number of amides is 1. The Hall–Kier alpha value is -2.96. The molecule has 2 aromatic carbocycles. The van der Waals surface area contributed by atoms with Crippen LogP contribution in [0.3, 0.4) is 0 Å². The van der Waals surface area contributed by atoms with Gasteiger partial charge in [0.05, 0.1) is 24.5 Å². The maximum atomic E-state index is 13.7. The number of aromatic nitrogens is 2. The van der Waals surface area contributed by atoms with Gasteiger partial charge in [-0.25, -0.2) is 4.68 Å². The lowest BCUT2D eigenvalue weighted by Crippen LogP contribution is -2.40. The van der Waals surface area contributed by atoms with Gasteiger partial charge in [-0.2, -0.15) is 5.10 Å². The van der Waals surface area contributed by atoms with Crippen LogP contribution in [0.4, 0.5) is 0 Å². The number of nitrogens with zero attached hydrogens (tertiary/aromatic N) is 4. The molecule has 0 atom stereocenters. The number of para-hydroxylation sites is 1. The molecule has 1 amide bonds. The van der Waals surface area contributed by atoms with Crippen LogP contribution in [0.2, 0.25) is 0 Å². The summed E-state index contributed by atoms with van der Waals surface area (Å²) >= 11 is 0. The molecule has 178 valence electrons. The minimum absolute atomic E-state index is 0.0899. The first-order valence-corrected chi connectivity index (χ1v) is 12.5. The van der Waals surface area contributed by atoms with E-state index in [9.17, 15) is 4.79 Å². The SMILES string of the molecule is Cc1ccccc1-c1nn(-c2ccccc2)cc1C(=O)N1CCC(CCN2CCOCC2)CC1. The van der Waals surface area contributed by atoms with E-state index in [2.05, 4.69) is 24.0 Å². The van der Waals surface area contributed by atoms with Gasteiger partial charge in [0.15, 0.2) is 0 Å². The molecular formula is C28H34N4O2. The summed E-state index contributed by atoms with van der Waals surface area (Å²) < 4.78 is 7.30. The van der Waals surface area contributed by atoms with Gasteiger partial charge in [0, 0.05) is 37.9 Å². The summed E-state index contributed by atoms with van der Waals surface area (Å²) in [6.45, 7) is 8.65. The molecular weight excluding hydrogens is 424 g/mol. The molecule has 6 heteroatoms. The van der Waals surface area contributed by atoms with E-state index >= 15 is 0 Å². The lowest BCUT2D eigenvalue weighted by atomic mass is 9.92. The van der Waals surface area contributed by atoms with Crippen molar-refractivity contribution in [2.75, 3.05) is 45.9 Å². The first kappa shape index (κ1) is 22.8. The van der Waals surface area contributed by atoms with Crippen LogP contribution in [-0.4, -0.2) is 71.4 Å². The van der Waals surface area contributed by atoms with E-state index in [4.69, 9.17) is 9.84 Å². The van der Waals surface area contributed by atoms with Crippen LogP contribution >= 0.6 is 0 Å². The average molecular weight is 459 g/mol. The van der Waals surface area contributed by atoms with Crippen LogP contribution in [0.5, 0.6) is 0 Å². The smallest absolute Gasteiger partial charge is 0.257 e. The molecule has 0 radical (unpaired) electrons. The molecule has 0 spiro atoms. The topological polar surface area (TPSA) is 50.6 Å². The molecule has 5 rings (SSSR count). The van der Waals surface area contributed by atoms with Crippen LogP contribution < -0.4 is 0 Å². The number of morpholine rings is 1. The number of aryl methyl sites for hydroxylation is 1. The molecule has 0 aliphatic carbocycles. The predicted octanol–water partition coefficient (Wildman–Crippen LogP) is 4.42. The van der Waals surface area contributed by atoms with Crippen molar-refractivity contribution in [2.45, 2.75) is 26.2 Å². The first-order chi connectivity index (χ1) is 16.7. The number of hydrogen-bond acceptors (Lipinski definition) is 4. The molecule has 0 N–H and O–H groups in total. The van der Waals surface area contributed by atoms with Crippen LogP contribution in [0.25, 0.3) is 16.9 Å². The highest BCUT2D eigenvalue weighted by molar-refractivity contribution is 6.00.